The lowest BCUT2D eigenvalue weighted by Crippen LogP contribution is -2.16. The summed E-state index contributed by atoms with van der Waals surface area (Å²) in [5, 5.41) is 0. The Bertz CT molecular complexity index is 623. The molecule has 0 saturated carbocycles. The van der Waals surface area contributed by atoms with E-state index in [1.165, 1.54) is 12.1 Å². The number of ether oxygens (including phenoxy) is 2. The maximum Gasteiger partial charge on any atom is 0.196 e. The molecule has 0 heterocycles. The summed E-state index contributed by atoms with van der Waals surface area (Å²) in [6.07, 6.45) is 1.15. The van der Waals surface area contributed by atoms with Gasteiger partial charge in [-0.2, -0.15) is 0 Å². The third-order valence-corrected chi connectivity index (χ3v) is 3.17. The topological polar surface area (TPSA) is 35.5 Å². The van der Waals surface area contributed by atoms with Gasteiger partial charge in [0.1, 0.15) is 11.6 Å². The molecule has 116 valence electrons. The van der Waals surface area contributed by atoms with Crippen LogP contribution in [0.25, 0.3) is 11.1 Å². The van der Waals surface area contributed by atoms with Crippen LogP contribution < -0.4 is 4.74 Å². The van der Waals surface area contributed by atoms with E-state index in [4.69, 9.17) is 9.47 Å². The largest absolute Gasteiger partial charge is 0.465 e. The van der Waals surface area contributed by atoms with Crippen LogP contribution in [-0.2, 0) is 4.74 Å². The maximum absolute atomic E-state index is 13.3. The van der Waals surface area contributed by atoms with Gasteiger partial charge >= 0.3 is 0 Å². The summed E-state index contributed by atoms with van der Waals surface area (Å²) in [4.78, 5) is 10.8. The number of rotatable bonds is 7. The molecule has 0 amide bonds. The molecule has 0 radical (unpaired) electrons. The zero-order chi connectivity index (χ0) is 15.9. The maximum atomic E-state index is 13.3. The first-order valence-corrected chi connectivity index (χ1v) is 7.27. The van der Waals surface area contributed by atoms with Crippen LogP contribution in [0.3, 0.4) is 0 Å². The van der Waals surface area contributed by atoms with Crippen molar-refractivity contribution < 1.29 is 18.7 Å². The molecule has 0 spiro atoms. The van der Waals surface area contributed by atoms with E-state index in [2.05, 4.69) is 0 Å². The van der Waals surface area contributed by atoms with Gasteiger partial charge in [-0.3, -0.25) is 4.79 Å². The van der Waals surface area contributed by atoms with Crippen LogP contribution in [0.4, 0.5) is 4.39 Å². The number of benzene rings is 2. The molecule has 0 bridgehead atoms. The predicted molar refractivity (Wildman–Crippen MR) is 83.6 cm³/mol. The van der Waals surface area contributed by atoms with Gasteiger partial charge in [0.15, 0.2) is 12.6 Å². The van der Waals surface area contributed by atoms with E-state index < -0.39 is 5.82 Å². The van der Waals surface area contributed by atoms with Gasteiger partial charge < -0.3 is 9.47 Å². The minimum atomic E-state index is -0.513. The summed E-state index contributed by atoms with van der Waals surface area (Å²) in [7, 11) is 0. The SMILES string of the molecule is CCCOC(C)Oc1ccc(-c2ccc(F)c(C=O)c2)cc1. The number of halogens is 1. The normalized spacial score (nSPS) is 12.0. The number of hydrogen-bond donors (Lipinski definition) is 0. The van der Waals surface area contributed by atoms with Gasteiger partial charge in [0, 0.05) is 0 Å². The Balaban J connectivity index is 2.10. The Kier molecular flexibility index (Phi) is 5.67. The van der Waals surface area contributed by atoms with Gasteiger partial charge in [0.25, 0.3) is 0 Å². The monoisotopic (exact) mass is 302 g/mol. The molecule has 2 aromatic rings. The molecule has 1 atom stereocenters. The molecule has 0 saturated heterocycles. The van der Waals surface area contributed by atoms with Gasteiger partial charge in [-0.1, -0.05) is 25.1 Å². The van der Waals surface area contributed by atoms with Crippen molar-refractivity contribution in [2.45, 2.75) is 26.6 Å². The van der Waals surface area contributed by atoms with Gasteiger partial charge in [0.05, 0.1) is 12.2 Å². The van der Waals surface area contributed by atoms with E-state index in [1.54, 1.807) is 6.07 Å². The molecule has 0 N–H and O–H groups in total. The summed E-state index contributed by atoms with van der Waals surface area (Å²) in [5.74, 6) is 0.186. The van der Waals surface area contributed by atoms with Crippen molar-refractivity contribution in [3.63, 3.8) is 0 Å². The van der Waals surface area contributed by atoms with E-state index >= 15 is 0 Å². The quantitative estimate of drug-likeness (QED) is 0.559. The van der Waals surface area contributed by atoms with Crippen LogP contribution in [-0.4, -0.2) is 19.2 Å². The Morgan fingerprint density at radius 2 is 1.82 bits per heavy atom. The fraction of sp³-hybridized carbons (Fsp3) is 0.278. The summed E-state index contributed by atoms with van der Waals surface area (Å²) in [5.41, 5.74) is 1.72. The van der Waals surface area contributed by atoms with Crippen LogP contribution in [0.2, 0.25) is 0 Å². The molecule has 2 aromatic carbocycles. The van der Waals surface area contributed by atoms with Crippen LogP contribution in [0.5, 0.6) is 5.75 Å². The van der Waals surface area contributed by atoms with Gasteiger partial charge in [0.2, 0.25) is 0 Å². The van der Waals surface area contributed by atoms with Crippen molar-refractivity contribution in [2.75, 3.05) is 6.61 Å². The lowest BCUT2D eigenvalue weighted by molar-refractivity contribution is -0.0662. The highest BCUT2D eigenvalue weighted by atomic mass is 19.1. The zero-order valence-corrected chi connectivity index (χ0v) is 12.7. The average molecular weight is 302 g/mol. The average Bonchev–Trinajstić information content (AvgIpc) is 2.54. The first-order valence-electron chi connectivity index (χ1n) is 7.27. The second-order valence-electron chi connectivity index (χ2n) is 4.93. The van der Waals surface area contributed by atoms with Gasteiger partial charge in [-0.25, -0.2) is 4.39 Å². The molecule has 0 aromatic heterocycles. The van der Waals surface area contributed by atoms with E-state index in [-0.39, 0.29) is 11.9 Å². The highest BCUT2D eigenvalue weighted by Crippen LogP contribution is 2.24. The Morgan fingerprint density at radius 1 is 1.14 bits per heavy atom. The summed E-state index contributed by atoms with van der Waals surface area (Å²) >= 11 is 0. The summed E-state index contributed by atoms with van der Waals surface area (Å²) in [6.45, 7) is 4.54. The van der Waals surface area contributed by atoms with Crippen molar-refractivity contribution in [2.24, 2.45) is 0 Å². The predicted octanol–water partition coefficient (Wildman–Crippen LogP) is 4.46. The minimum Gasteiger partial charge on any atom is -0.465 e. The second kappa shape index (κ2) is 7.71. The fourth-order valence-corrected chi connectivity index (χ4v) is 2.05. The number of hydrogen-bond acceptors (Lipinski definition) is 3. The Labute approximate surface area is 129 Å². The lowest BCUT2D eigenvalue weighted by Gasteiger charge is -2.15. The van der Waals surface area contributed by atoms with Crippen molar-refractivity contribution in [3.8, 4) is 16.9 Å². The highest BCUT2D eigenvalue weighted by Gasteiger charge is 2.06. The van der Waals surface area contributed by atoms with Crippen molar-refractivity contribution in [1.82, 2.24) is 0 Å². The van der Waals surface area contributed by atoms with Crippen LogP contribution in [0, 0.1) is 5.82 Å². The highest BCUT2D eigenvalue weighted by molar-refractivity contribution is 5.79. The minimum absolute atomic E-state index is 0.0550. The van der Waals surface area contributed by atoms with Crippen molar-refractivity contribution in [1.29, 1.82) is 0 Å². The molecule has 3 nitrogen and oxygen atoms in total. The molecule has 0 fully saturated rings. The van der Waals surface area contributed by atoms with E-state index in [0.29, 0.717) is 18.6 Å². The Hall–Kier alpha value is -2.20. The zero-order valence-electron chi connectivity index (χ0n) is 12.7. The molecule has 0 aliphatic heterocycles. The smallest absolute Gasteiger partial charge is 0.196 e. The van der Waals surface area contributed by atoms with Crippen molar-refractivity contribution in [3.05, 3.63) is 53.8 Å². The van der Waals surface area contributed by atoms with Crippen molar-refractivity contribution >= 4 is 6.29 Å². The first-order chi connectivity index (χ1) is 10.6. The number of carbonyl (C=O) groups is 1. The van der Waals surface area contributed by atoms with Crippen LogP contribution in [0.15, 0.2) is 42.5 Å². The third kappa shape index (κ3) is 4.15. The summed E-state index contributed by atoms with van der Waals surface area (Å²) < 4.78 is 24.4. The van der Waals surface area contributed by atoms with E-state index in [1.807, 2.05) is 38.1 Å². The van der Waals surface area contributed by atoms with Crippen LogP contribution >= 0.6 is 0 Å². The number of aldehydes is 1. The van der Waals surface area contributed by atoms with Crippen LogP contribution in [0.1, 0.15) is 30.6 Å². The molecule has 0 aliphatic rings. The second-order valence-corrected chi connectivity index (χ2v) is 4.93. The van der Waals surface area contributed by atoms with E-state index in [0.717, 1.165) is 17.5 Å². The number of carbonyl (C=O) groups excluding carboxylic acids is 1. The summed E-state index contributed by atoms with van der Waals surface area (Å²) in [6, 6.07) is 11.9. The molecular formula is C18H19FO3. The molecule has 1 unspecified atom stereocenters. The van der Waals surface area contributed by atoms with Gasteiger partial charge in [-0.05, 0) is 48.7 Å². The van der Waals surface area contributed by atoms with Gasteiger partial charge in [-0.15, -0.1) is 0 Å². The molecular weight excluding hydrogens is 283 g/mol. The molecule has 4 heteroatoms. The standard InChI is InChI=1S/C18H19FO3/c1-3-10-21-13(2)22-17-7-4-14(5-8-17)15-6-9-18(19)16(11-15)12-20/h4-9,11-13H,3,10H2,1-2H3. The fourth-order valence-electron chi connectivity index (χ4n) is 2.05. The Morgan fingerprint density at radius 3 is 2.45 bits per heavy atom. The lowest BCUT2D eigenvalue weighted by atomic mass is 10.0. The third-order valence-electron chi connectivity index (χ3n) is 3.17. The molecule has 22 heavy (non-hydrogen) atoms. The molecule has 2 rings (SSSR count). The first kappa shape index (κ1) is 16.2. The molecule has 0 aliphatic carbocycles. The van der Waals surface area contributed by atoms with E-state index in [9.17, 15) is 9.18 Å².